The van der Waals surface area contributed by atoms with Crippen molar-refractivity contribution in [2.24, 2.45) is 5.92 Å². The fourth-order valence-electron chi connectivity index (χ4n) is 3.79. The van der Waals surface area contributed by atoms with Gasteiger partial charge in [-0.1, -0.05) is 31.4 Å². The molecule has 0 unspecified atom stereocenters. The summed E-state index contributed by atoms with van der Waals surface area (Å²) < 4.78 is 0. The Morgan fingerprint density at radius 1 is 1.22 bits per heavy atom. The smallest absolute Gasteiger partial charge is 0.160 e. The van der Waals surface area contributed by atoms with Crippen LogP contribution in [0.25, 0.3) is 5.70 Å². The second kappa shape index (κ2) is 6.31. The SMILES string of the molecule is CC1(C)Cc2ccc(C=O)cc2/C(=C/C(=O)C2CCCCC2)N1. The third-order valence-corrected chi connectivity index (χ3v) is 4.96. The molecule has 1 aromatic rings. The summed E-state index contributed by atoms with van der Waals surface area (Å²) in [5.41, 5.74) is 3.63. The molecule has 1 heterocycles. The molecule has 0 radical (unpaired) electrons. The fourth-order valence-corrected chi connectivity index (χ4v) is 3.79. The highest BCUT2D eigenvalue weighted by molar-refractivity contribution is 5.99. The van der Waals surface area contributed by atoms with Crippen molar-refractivity contribution in [3.8, 4) is 0 Å². The lowest BCUT2D eigenvalue weighted by atomic mass is 9.82. The van der Waals surface area contributed by atoms with Gasteiger partial charge in [0.1, 0.15) is 6.29 Å². The predicted octanol–water partition coefficient (Wildman–Crippen LogP) is 3.91. The van der Waals surface area contributed by atoms with Crippen molar-refractivity contribution < 1.29 is 9.59 Å². The summed E-state index contributed by atoms with van der Waals surface area (Å²) in [7, 11) is 0. The summed E-state index contributed by atoms with van der Waals surface area (Å²) in [6.07, 6.45) is 9.10. The van der Waals surface area contributed by atoms with E-state index in [1.165, 1.54) is 12.0 Å². The minimum atomic E-state index is -0.0889. The van der Waals surface area contributed by atoms with E-state index in [1.54, 1.807) is 6.08 Å². The number of allylic oxidation sites excluding steroid dienone is 1. The first-order valence-corrected chi connectivity index (χ1v) is 8.61. The molecule has 0 saturated heterocycles. The van der Waals surface area contributed by atoms with Gasteiger partial charge in [0.2, 0.25) is 0 Å². The molecule has 23 heavy (non-hydrogen) atoms. The Morgan fingerprint density at radius 2 is 1.96 bits per heavy atom. The molecule has 0 atom stereocenters. The van der Waals surface area contributed by atoms with E-state index in [-0.39, 0.29) is 17.2 Å². The zero-order valence-electron chi connectivity index (χ0n) is 14.0. The van der Waals surface area contributed by atoms with Crippen LogP contribution in [0.1, 0.15) is 67.4 Å². The molecule has 0 bridgehead atoms. The first-order chi connectivity index (χ1) is 11.0. The molecule has 1 saturated carbocycles. The van der Waals surface area contributed by atoms with Crippen molar-refractivity contribution in [3.05, 3.63) is 41.0 Å². The highest BCUT2D eigenvalue weighted by Crippen LogP contribution is 2.31. The van der Waals surface area contributed by atoms with Crippen LogP contribution in [0.5, 0.6) is 0 Å². The van der Waals surface area contributed by atoms with Crippen molar-refractivity contribution in [1.29, 1.82) is 0 Å². The first kappa shape index (κ1) is 16.0. The number of fused-ring (bicyclic) bond motifs is 1. The number of nitrogens with one attached hydrogen (secondary N) is 1. The maximum absolute atomic E-state index is 12.7. The van der Waals surface area contributed by atoms with E-state index in [1.807, 2.05) is 18.2 Å². The van der Waals surface area contributed by atoms with Gasteiger partial charge in [-0.2, -0.15) is 0 Å². The van der Waals surface area contributed by atoms with Crippen LogP contribution in [0.15, 0.2) is 24.3 Å². The molecule has 3 heteroatoms. The van der Waals surface area contributed by atoms with Crippen molar-refractivity contribution >= 4 is 17.8 Å². The molecule has 2 aliphatic rings. The molecule has 1 aliphatic carbocycles. The third-order valence-electron chi connectivity index (χ3n) is 4.96. The Bertz CT molecular complexity index is 652. The number of benzene rings is 1. The van der Waals surface area contributed by atoms with Crippen LogP contribution in [-0.2, 0) is 11.2 Å². The molecule has 0 amide bonds. The minimum Gasteiger partial charge on any atom is -0.379 e. The molecule has 1 N–H and O–H groups in total. The van der Waals surface area contributed by atoms with E-state index in [0.717, 1.165) is 49.7 Å². The first-order valence-electron chi connectivity index (χ1n) is 8.61. The van der Waals surface area contributed by atoms with E-state index >= 15 is 0 Å². The maximum Gasteiger partial charge on any atom is 0.160 e. The topological polar surface area (TPSA) is 46.2 Å². The second-order valence-corrected chi connectivity index (χ2v) is 7.52. The van der Waals surface area contributed by atoms with Crippen molar-refractivity contribution in [1.82, 2.24) is 5.32 Å². The van der Waals surface area contributed by atoms with Crippen molar-refractivity contribution in [3.63, 3.8) is 0 Å². The number of carbonyl (C=O) groups is 2. The van der Waals surface area contributed by atoms with Crippen LogP contribution in [0.2, 0.25) is 0 Å². The van der Waals surface area contributed by atoms with Crippen LogP contribution in [0.3, 0.4) is 0 Å². The van der Waals surface area contributed by atoms with Gasteiger partial charge in [-0.25, -0.2) is 0 Å². The van der Waals surface area contributed by atoms with Gasteiger partial charge >= 0.3 is 0 Å². The maximum atomic E-state index is 12.7. The lowest BCUT2D eigenvalue weighted by Crippen LogP contribution is -2.44. The van der Waals surface area contributed by atoms with Crippen LogP contribution in [0, 0.1) is 5.92 Å². The number of hydrogen-bond donors (Lipinski definition) is 1. The van der Waals surface area contributed by atoms with Crippen LogP contribution in [-0.4, -0.2) is 17.6 Å². The Morgan fingerprint density at radius 3 is 2.65 bits per heavy atom. The van der Waals surface area contributed by atoms with Gasteiger partial charge in [-0.3, -0.25) is 9.59 Å². The van der Waals surface area contributed by atoms with Gasteiger partial charge in [0.25, 0.3) is 0 Å². The zero-order chi connectivity index (χ0) is 16.4. The van der Waals surface area contributed by atoms with Crippen LogP contribution >= 0.6 is 0 Å². The van der Waals surface area contributed by atoms with Gasteiger partial charge in [-0.15, -0.1) is 0 Å². The molecule has 3 nitrogen and oxygen atoms in total. The standard InChI is InChI=1S/C20H25NO2/c1-20(2)12-16-9-8-14(13-22)10-17(16)18(21-20)11-19(23)15-6-4-3-5-7-15/h8-11,13,15,21H,3-7,12H2,1-2H3/b18-11-. The van der Waals surface area contributed by atoms with E-state index in [4.69, 9.17) is 0 Å². The fraction of sp³-hybridized carbons (Fsp3) is 0.500. The largest absolute Gasteiger partial charge is 0.379 e. The van der Waals surface area contributed by atoms with Gasteiger partial charge in [-0.05, 0) is 44.7 Å². The second-order valence-electron chi connectivity index (χ2n) is 7.52. The quantitative estimate of drug-likeness (QED) is 0.680. The summed E-state index contributed by atoms with van der Waals surface area (Å²) in [6.45, 7) is 4.28. The van der Waals surface area contributed by atoms with Gasteiger partial charge < -0.3 is 5.32 Å². The lowest BCUT2D eigenvalue weighted by molar-refractivity contribution is -0.119. The van der Waals surface area contributed by atoms with Gasteiger partial charge in [0.15, 0.2) is 5.78 Å². The Kier molecular flexibility index (Phi) is 4.38. The highest BCUT2D eigenvalue weighted by Gasteiger charge is 2.29. The monoisotopic (exact) mass is 311 g/mol. The summed E-state index contributed by atoms with van der Waals surface area (Å²) in [5.74, 6) is 0.396. The zero-order valence-corrected chi connectivity index (χ0v) is 14.0. The number of rotatable bonds is 3. The molecule has 0 aromatic heterocycles. The van der Waals surface area contributed by atoms with Gasteiger partial charge in [0, 0.05) is 34.4 Å². The van der Waals surface area contributed by atoms with E-state index in [0.29, 0.717) is 5.56 Å². The van der Waals surface area contributed by atoms with Crippen LogP contribution in [0.4, 0.5) is 0 Å². The van der Waals surface area contributed by atoms with Crippen molar-refractivity contribution in [2.75, 3.05) is 0 Å². The molecular weight excluding hydrogens is 286 g/mol. The normalized spacial score (nSPS) is 22.3. The molecule has 1 aromatic carbocycles. The number of ketones is 1. The van der Waals surface area contributed by atoms with E-state index in [2.05, 4.69) is 19.2 Å². The number of hydrogen-bond acceptors (Lipinski definition) is 3. The molecule has 122 valence electrons. The van der Waals surface area contributed by atoms with E-state index < -0.39 is 0 Å². The summed E-state index contributed by atoms with van der Waals surface area (Å²) >= 11 is 0. The average molecular weight is 311 g/mol. The molecule has 1 aliphatic heterocycles. The van der Waals surface area contributed by atoms with Crippen LogP contribution < -0.4 is 5.32 Å². The Hall–Kier alpha value is -1.90. The summed E-state index contributed by atoms with van der Waals surface area (Å²) in [6, 6.07) is 5.76. The molecule has 1 fully saturated rings. The average Bonchev–Trinajstić information content (AvgIpc) is 2.54. The molecule has 3 rings (SSSR count). The number of aldehydes is 1. The van der Waals surface area contributed by atoms with E-state index in [9.17, 15) is 9.59 Å². The van der Waals surface area contributed by atoms with Gasteiger partial charge in [0.05, 0.1) is 0 Å². The Balaban J connectivity index is 1.95. The summed E-state index contributed by atoms with van der Waals surface area (Å²) in [5, 5.41) is 3.49. The Labute approximate surface area is 138 Å². The lowest BCUT2D eigenvalue weighted by Gasteiger charge is -2.36. The minimum absolute atomic E-state index is 0.0889. The predicted molar refractivity (Wildman–Crippen MR) is 92.3 cm³/mol. The molecule has 0 spiro atoms. The highest BCUT2D eigenvalue weighted by atomic mass is 16.1. The summed E-state index contributed by atoms with van der Waals surface area (Å²) in [4.78, 5) is 23.7. The number of carbonyl (C=O) groups excluding carboxylic acids is 2. The van der Waals surface area contributed by atoms with Crippen molar-refractivity contribution in [2.45, 2.75) is 57.9 Å². The third kappa shape index (κ3) is 3.54. The molecular formula is C20H25NO2.